The summed E-state index contributed by atoms with van der Waals surface area (Å²) in [5, 5.41) is 9.63. The molecule has 106 valence electrons. The normalized spacial score (nSPS) is 17.2. The molecule has 0 radical (unpaired) electrons. The highest BCUT2D eigenvalue weighted by atomic mass is 16.3. The van der Waals surface area contributed by atoms with Gasteiger partial charge in [0.15, 0.2) is 5.76 Å². The van der Waals surface area contributed by atoms with E-state index in [0.717, 1.165) is 5.56 Å². The summed E-state index contributed by atoms with van der Waals surface area (Å²) in [6, 6.07) is 15.7. The van der Waals surface area contributed by atoms with Crippen LogP contribution in [0.3, 0.4) is 0 Å². The molecule has 0 saturated carbocycles. The zero-order chi connectivity index (χ0) is 14.7. The maximum atomic E-state index is 12.2. The Kier molecular flexibility index (Phi) is 3.49. The minimum absolute atomic E-state index is 0.0976. The van der Waals surface area contributed by atoms with Gasteiger partial charge < -0.3 is 9.32 Å². The van der Waals surface area contributed by atoms with Gasteiger partial charge in [-0.05, 0) is 30.5 Å². The molecule has 0 N–H and O–H groups in total. The van der Waals surface area contributed by atoms with Crippen molar-refractivity contribution in [2.75, 3.05) is 13.1 Å². The lowest BCUT2D eigenvalue weighted by molar-refractivity contribution is 0.0660. The van der Waals surface area contributed by atoms with Crippen LogP contribution in [-0.2, 0) is 5.41 Å². The summed E-state index contributed by atoms with van der Waals surface area (Å²) >= 11 is 0. The van der Waals surface area contributed by atoms with Crippen LogP contribution in [-0.4, -0.2) is 23.9 Å². The van der Waals surface area contributed by atoms with Crippen molar-refractivity contribution in [1.82, 2.24) is 4.90 Å². The van der Waals surface area contributed by atoms with Crippen molar-refractivity contribution in [3.8, 4) is 6.07 Å². The highest BCUT2D eigenvalue weighted by Gasteiger charge is 2.38. The number of amides is 1. The first-order valence-electron chi connectivity index (χ1n) is 7.05. The summed E-state index contributed by atoms with van der Waals surface area (Å²) in [7, 11) is 0. The van der Waals surface area contributed by atoms with Crippen molar-refractivity contribution in [2.45, 2.75) is 18.3 Å². The van der Waals surface area contributed by atoms with Crippen molar-refractivity contribution >= 4 is 5.91 Å². The quantitative estimate of drug-likeness (QED) is 0.849. The van der Waals surface area contributed by atoms with Crippen LogP contribution in [0.25, 0.3) is 0 Å². The Morgan fingerprint density at radius 3 is 2.43 bits per heavy atom. The van der Waals surface area contributed by atoms with Gasteiger partial charge in [0.2, 0.25) is 0 Å². The van der Waals surface area contributed by atoms with Gasteiger partial charge in [-0.1, -0.05) is 30.3 Å². The third-order valence-corrected chi connectivity index (χ3v) is 4.18. The Balaban J connectivity index is 1.75. The molecule has 1 amide bonds. The second kappa shape index (κ2) is 5.45. The Bertz CT molecular complexity index is 648. The lowest BCUT2D eigenvalue weighted by atomic mass is 9.74. The number of nitrogens with zero attached hydrogens (tertiary/aromatic N) is 2. The molecule has 1 aliphatic rings. The third-order valence-electron chi connectivity index (χ3n) is 4.18. The van der Waals surface area contributed by atoms with E-state index in [-0.39, 0.29) is 5.91 Å². The zero-order valence-electron chi connectivity index (χ0n) is 11.7. The van der Waals surface area contributed by atoms with Crippen LogP contribution in [0.15, 0.2) is 53.1 Å². The number of hydrogen-bond acceptors (Lipinski definition) is 3. The van der Waals surface area contributed by atoms with Gasteiger partial charge in [0.1, 0.15) is 0 Å². The Morgan fingerprint density at radius 1 is 1.14 bits per heavy atom. The van der Waals surface area contributed by atoms with E-state index in [1.165, 1.54) is 6.26 Å². The summed E-state index contributed by atoms with van der Waals surface area (Å²) in [4.78, 5) is 14.0. The predicted octanol–water partition coefficient (Wildman–Crippen LogP) is 2.98. The van der Waals surface area contributed by atoms with Gasteiger partial charge >= 0.3 is 0 Å². The van der Waals surface area contributed by atoms with Crippen LogP contribution in [0.5, 0.6) is 0 Å². The van der Waals surface area contributed by atoms with Crippen molar-refractivity contribution in [2.24, 2.45) is 0 Å². The number of hydrogen-bond donors (Lipinski definition) is 0. The summed E-state index contributed by atoms with van der Waals surface area (Å²) in [5.41, 5.74) is 0.555. The maximum absolute atomic E-state index is 12.2. The average molecular weight is 280 g/mol. The van der Waals surface area contributed by atoms with Gasteiger partial charge in [0.05, 0.1) is 17.7 Å². The zero-order valence-corrected chi connectivity index (χ0v) is 11.7. The average Bonchev–Trinajstić information content (AvgIpc) is 3.09. The van der Waals surface area contributed by atoms with E-state index in [9.17, 15) is 10.1 Å². The monoisotopic (exact) mass is 280 g/mol. The Labute approximate surface area is 123 Å². The molecule has 0 aliphatic carbocycles. The number of rotatable bonds is 2. The molecule has 2 heterocycles. The van der Waals surface area contributed by atoms with Crippen molar-refractivity contribution in [3.63, 3.8) is 0 Å². The third kappa shape index (κ3) is 2.43. The number of benzene rings is 1. The molecule has 1 aromatic carbocycles. The molecule has 1 aromatic heterocycles. The fraction of sp³-hybridized carbons (Fsp3) is 0.294. The van der Waals surface area contributed by atoms with Gasteiger partial charge in [-0.2, -0.15) is 5.26 Å². The number of piperidine rings is 1. The molecule has 1 saturated heterocycles. The summed E-state index contributed by atoms with van der Waals surface area (Å²) < 4.78 is 5.16. The number of nitriles is 1. The van der Waals surface area contributed by atoms with E-state index in [1.807, 2.05) is 30.3 Å². The maximum Gasteiger partial charge on any atom is 0.289 e. The number of likely N-dealkylation sites (tertiary alicyclic amines) is 1. The standard InChI is InChI=1S/C17H16N2O2/c18-13-17(14-5-2-1-3-6-14)8-10-19(11-9-17)16(20)15-7-4-12-21-15/h1-7,12H,8-11H2. The molecule has 0 bridgehead atoms. The molecule has 1 aliphatic heterocycles. The second-order valence-corrected chi connectivity index (χ2v) is 5.33. The van der Waals surface area contributed by atoms with Crippen LogP contribution in [0.4, 0.5) is 0 Å². The lowest BCUT2D eigenvalue weighted by Crippen LogP contribution is -2.44. The van der Waals surface area contributed by atoms with E-state index in [2.05, 4.69) is 6.07 Å². The predicted molar refractivity (Wildman–Crippen MR) is 77.6 cm³/mol. The minimum atomic E-state index is -0.485. The van der Waals surface area contributed by atoms with Gasteiger partial charge in [0, 0.05) is 13.1 Å². The molecule has 0 atom stereocenters. The van der Waals surface area contributed by atoms with Crippen molar-refractivity contribution in [1.29, 1.82) is 5.26 Å². The highest BCUT2D eigenvalue weighted by Crippen LogP contribution is 2.35. The van der Waals surface area contributed by atoms with Gasteiger partial charge in [-0.25, -0.2) is 0 Å². The van der Waals surface area contributed by atoms with Crippen molar-refractivity contribution in [3.05, 3.63) is 60.1 Å². The number of furan rings is 1. The fourth-order valence-corrected chi connectivity index (χ4v) is 2.87. The first-order valence-corrected chi connectivity index (χ1v) is 7.05. The van der Waals surface area contributed by atoms with Gasteiger partial charge in [-0.15, -0.1) is 0 Å². The molecular formula is C17H16N2O2. The van der Waals surface area contributed by atoms with E-state index in [0.29, 0.717) is 31.7 Å². The van der Waals surface area contributed by atoms with Gasteiger partial charge in [0.25, 0.3) is 5.91 Å². The molecule has 4 nitrogen and oxygen atoms in total. The largest absolute Gasteiger partial charge is 0.459 e. The first-order chi connectivity index (χ1) is 10.2. The molecule has 1 fully saturated rings. The SMILES string of the molecule is N#CC1(c2ccccc2)CCN(C(=O)c2ccco2)CC1. The second-order valence-electron chi connectivity index (χ2n) is 5.33. The van der Waals surface area contributed by atoms with E-state index in [4.69, 9.17) is 4.42 Å². The van der Waals surface area contributed by atoms with Crippen molar-refractivity contribution < 1.29 is 9.21 Å². The van der Waals surface area contributed by atoms with Crippen LogP contribution >= 0.6 is 0 Å². The molecular weight excluding hydrogens is 264 g/mol. The number of carbonyl (C=O) groups is 1. The van der Waals surface area contributed by atoms with Gasteiger partial charge in [-0.3, -0.25) is 4.79 Å². The fourth-order valence-electron chi connectivity index (χ4n) is 2.87. The Hall–Kier alpha value is -2.54. The van der Waals surface area contributed by atoms with E-state index in [1.54, 1.807) is 17.0 Å². The highest BCUT2D eigenvalue weighted by molar-refractivity contribution is 5.91. The molecule has 2 aromatic rings. The van der Waals surface area contributed by atoms with Crippen LogP contribution in [0, 0.1) is 11.3 Å². The molecule has 0 unspecified atom stereocenters. The lowest BCUT2D eigenvalue weighted by Gasteiger charge is -2.37. The molecule has 3 rings (SSSR count). The topological polar surface area (TPSA) is 57.2 Å². The van der Waals surface area contributed by atoms with Crippen LogP contribution in [0.2, 0.25) is 0 Å². The van der Waals surface area contributed by atoms with E-state index >= 15 is 0 Å². The number of carbonyl (C=O) groups excluding carboxylic acids is 1. The van der Waals surface area contributed by atoms with E-state index < -0.39 is 5.41 Å². The molecule has 21 heavy (non-hydrogen) atoms. The van der Waals surface area contributed by atoms with Crippen LogP contribution in [0.1, 0.15) is 29.0 Å². The summed E-state index contributed by atoms with van der Waals surface area (Å²) in [5.74, 6) is 0.263. The first kappa shape index (κ1) is 13.4. The Morgan fingerprint density at radius 2 is 1.86 bits per heavy atom. The summed E-state index contributed by atoms with van der Waals surface area (Å²) in [6.07, 6.45) is 2.81. The minimum Gasteiger partial charge on any atom is -0.459 e. The molecule has 0 spiro atoms. The molecule has 4 heteroatoms. The summed E-state index contributed by atoms with van der Waals surface area (Å²) in [6.45, 7) is 1.14. The van der Waals surface area contributed by atoms with Crippen LogP contribution < -0.4 is 0 Å². The smallest absolute Gasteiger partial charge is 0.289 e.